The topological polar surface area (TPSA) is 59.8 Å². The van der Waals surface area contributed by atoms with Crippen molar-refractivity contribution < 1.29 is 0 Å². The van der Waals surface area contributed by atoms with Crippen molar-refractivity contribution in [2.24, 2.45) is 5.92 Å². The number of halogens is 1. The molecule has 0 aromatic carbocycles. The number of nitrogens with zero attached hydrogens (tertiary/aromatic N) is 3. The van der Waals surface area contributed by atoms with Crippen molar-refractivity contribution in [1.29, 1.82) is 0 Å². The van der Waals surface area contributed by atoms with Crippen LogP contribution in [-0.2, 0) is 13.1 Å². The van der Waals surface area contributed by atoms with Crippen molar-refractivity contribution in [2.45, 2.75) is 32.9 Å². The quantitative estimate of drug-likeness (QED) is 0.902. The second-order valence-electron chi connectivity index (χ2n) is 5.42. The van der Waals surface area contributed by atoms with Crippen molar-refractivity contribution in [1.82, 2.24) is 14.8 Å². The van der Waals surface area contributed by atoms with E-state index in [0.29, 0.717) is 22.6 Å². The van der Waals surface area contributed by atoms with E-state index in [1.165, 1.54) is 12.8 Å². The molecule has 1 fully saturated rings. The average Bonchev–Trinajstić information content (AvgIpc) is 3.29. The molecule has 1 aliphatic rings. The minimum absolute atomic E-state index is 0.0790. The van der Waals surface area contributed by atoms with Gasteiger partial charge in [0.2, 0.25) is 0 Å². The number of anilines is 1. The summed E-state index contributed by atoms with van der Waals surface area (Å²) in [6, 6.07) is 3.93. The fraction of sp³-hybridized carbons (Fsp3) is 0.400. The molecule has 3 rings (SSSR count). The lowest BCUT2D eigenvalue weighted by Gasteiger charge is -2.11. The van der Waals surface area contributed by atoms with Crippen LogP contribution in [0.3, 0.4) is 0 Å². The maximum Gasteiger partial charge on any atom is 0.283 e. The fourth-order valence-electron chi connectivity index (χ4n) is 2.15. The van der Waals surface area contributed by atoms with Gasteiger partial charge in [-0.05, 0) is 53.2 Å². The fourth-order valence-corrected chi connectivity index (χ4v) is 2.59. The highest BCUT2D eigenvalue weighted by atomic mass is 79.9. The maximum absolute atomic E-state index is 12.2. The Hall–Kier alpha value is -1.69. The first-order chi connectivity index (χ1) is 10.1. The highest BCUT2D eigenvalue weighted by molar-refractivity contribution is 9.10. The maximum atomic E-state index is 12.2. The number of hydrogen-bond donors (Lipinski definition) is 1. The van der Waals surface area contributed by atoms with Crippen molar-refractivity contribution in [2.75, 3.05) is 5.32 Å². The SMILES string of the molecule is Cc1cccnc1CNc1cnn(CC2CC2)c(=O)c1Br. The van der Waals surface area contributed by atoms with Gasteiger partial charge in [0.15, 0.2) is 0 Å². The van der Waals surface area contributed by atoms with E-state index < -0.39 is 0 Å². The van der Waals surface area contributed by atoms with Crippen LogP contribution in [-0.4, -0.2) is 14.8 Å². The highest BCUT2D eigenvalue weighted by Crippen LogP contribution is 2.30. The van der Waals surface area contributed by atoms with Crippen LogP contribution < -0.4 is 10.9 Å². The van der Waals surface area contributed by atoms with E-state index >= 15 is 0 Å². The van der Waals surface area contributed by atoms with Gasteiger partial charge in [0, 0.05) is 12.7 Å². The van der Waals surface area contributed by atoms with E-state index in [4.69, 9.17) is 0 Å². The Morgan fingerprint density at radius 1 is 1.48 bits per heavy atom. The second kappa shape index (κ2) is 5.97. The number of rotatable bonds is 5. The second-order valence-corrected chi connectivity index (χ2v) is 6.22. The zero-order valence-electron chi connectivity index (χ0n) is 11.8. The van der Waals surface area contributed by atoms with Gasteiger partial charge in [-0.3, -0.25) is 9.78 Å². The number of hydrogen-bond acceptors (Lipinski definition) is 4. The van der Waals surface area contributed by atoms with Crippen LogP contribution in [0.5, 0.6) is 0 Å². The van der Waals surface area contributed by atoms with Gasteiger partial charge in [0.25, 0.3) is 5.56 Å². The molecule has 1 saturated carbocycles. The predicted molar refractivity (Wildman–Crippen MR) is 85.2 cm³/mol. The van der Waals surface area contributed by atoms with Crippen molar-refractivity contribution in [3.05, 3.63) is 50.6 Å². The van der Waals surface area contributed by atoms with E-state index in [0.717, 1.165) is 17.8 Å². The smallest absolute Gasteiger partial charge is 0.283 e. The third kappa shape index (κ3) is 3.32. The minimum Gasteiger partial charge on any atom is -0.377 e. The number of nitrogens with one attached hydrogen (secondary N) is 1. The van der Waals surface area contributed by atoms with E-state index in [-0.39, 0.29) is 5.56 Å². The summed E-state index contributed by atoms with van der Waals surface area (Å²) in [5.74, 6) is 0.622. The highest BCUT2D eigenvalue weighted by Gasteiger charge is 2.23. The summed E-state index contributed by atoms with van der Waals surface area (Å²) in [7, 11) is 0. The summed E-state index contributed by atoms with van der Waals surface area (Å²) in [6.07, 6.45) is 5.87. The van der Waals surface area contributed by atoms with Crippen LogP contribution in [0.25, 0.3) is 0 Å². The van der Waals surface area contributed by atoms with Crippen molar-refractivity contribution >= 4 is 21.6 Å². The van der Waals surface area contributed by atoms with Crippen LogP contribution in [0, 0.1) is 12.8 Å². The molecule has 5 nitrogen and oxygen atoms in total. The summed E-state index contributed by atoms with van der Waals surface area (Å²) >= 11 is 3.38. The normalized spacial score (nSPS) is 14.2. The monoisotopic (exact) mass is 348 g/mol. The van der Waals surface area contributed by atoms with Gasteiger partial charge >= 0.3 is 0 Å². The summed E-state index contributed by atoms with van der Waals surface area (Å²) in [6.45, 7) is 3.31. The van der Waals surface area contributed by atoms with Crippen molar-refractivity contribution in [3.8, 4) is 0 Å². The Bertz CT molecular complexity index is 709. The molecule has 2 aromatic heterocycles. The molecule has 0 aliphatic heterocycles. The van der Waals surface area contributed by atoms with E-state index in [1.807, 2.05) is 19.1 Å². The van der Waals surface area contributed by atoms with Crippen LogP contribution in [0.15, 0.2) is 33.8 Å². The van der Waals surface area contributed by atoms with Crippen LogP contribution >= 0.6 is 15.9 Å². The Balaban J connectivity index is 1.75. The molecule has 0 radical (unpaired) electrons. The zero-order valence-corrected chi connectivity index (χ0v) is 13.4. The van der Waals surface area contributed by atoms with Gasteiger partial charge in [0.1, 0.15) is 4.47 Å². The first-order valence-corrected chi connectivity index (χ1v) is 7.84. The lowest BCUT2D eigenvalue weighted by atomic mass is 10.2. The summed E-state index contributed by atoms with van der Waals surface area (Å²) < 4.78 is 2.07. The van der Waals surface area contributed by atoms with E-state index in [2.05, 4.69) is 31.3 Å². The van der Waals surface area contributed by atoms with Gasteiger partial charge in [0.05, 0.1) is 24.1 Å². The summed E-state index contributed by atoms with van der Waals surface area (Å²) in [5.41, 5.74) is 2.71. The molecule has 1 aliphatic carbocycles. The molecule has 0 amide bonds. The molecule has 21 heavy (non-hydrogen) atoms. The molecular formula is C15H17BrN4O. The van der Waals surface area contributed by atoms with Gasteiger partial charge in [-0.2, -0.15) is 5.10 Å². The molecule has 6 heteroatoms. The Kier molecular flexibility index (Phi) is 4.05. The number of pyridine rings is 1. The molecule has 0 spiro atoms. The Morgan fingerprint density at radius 2 is 2.29 bits per heavy atom. The predicted octanol–water partition coefficient (Wildman–Crippen LogP) is 2.73. The molecule has 0 bridgehead atoms. The standard InChI is InChI=1S/C15H17BrN4O/c1-10-3-2-6-17-12(10)7-18-13-8-19-20(9-11-4-5-11)15(21)14(13)16/h2-3,6,8,11,18H,4-5,7,9H2,1H3. The molecule has 2 heterocycles. The van der Waals surface area contributed by atoms with Crippen LogP contribution in [0.4, 0.5) is 5.69 Å². The first kappa shape index (κ1) is 14.3. The average molecular weight is 349 g/mol. The van der Waals surface area contributed by atoms with Gasteiger partial charge in [-0.15, -0.1) is 0 Å². The lowest BCUT2D eigenvalue weighted by molar-refractivity contribution is 0.532. The number of aryl methyl sites for hydroxylation is 1. The number of aromatic nitrogens is 3. The van der Waals surface area contributed by atoms with Gasteiger partial charge in [-0.25, -0.2) is 4.68 Å². The van der Waals surface area contributed by atoms with Crippen molar-refractivity contribution in [3.63, 3.8) is 0 Å². The summed E-state index contributed by atoms with van der Waals surface area (Å²) in [5, 5.41) is 7.47. The Morgan fingerprint density at radius 3 is 3.00 bits per heavy atom. The van der Waals surface area contributed by atoms with Gasteiger partial charge in [-0.1, -0.05) is 6.07 Å². The van der Waals surface area contributed by atoms with E-state index in [9.17, 15) is 4.79 Å². The molecular weight excluding hydrogens is 332 g/mol. The molecule has 0 unspecified atom stereocenters. The third-order valence-electron chi connectivity index (χ3n) is 3.68. The van der Waals surface area contributed by atoms with Crippen LogP contribution in [0.1, 0.15) is 24.1 Å². The van der Waals surface area contributed by atoms with Crippen LogP contribution in [0.2, 0.25) is 0 Å². The zero-order chi connectivity index (χ0) is 14.8. The molecule has 110 valence electrons. The molecule has 0 saturated heterocycles. The molecule has 2 aromatic rings. The lowest BCUT2D eigenvalue weighted by Crippen LogP contribution is -2.25. The summed E-state index contributed by atoms with van der Waals surface area (Å²) in [4.78, 5) is 16.6. The molecule has 0 atom stereocenters. The minimum atomic E-state index is -0.0790. The van der Waals surface area contributed by atoms with Gasteiger partial charge < -0.3 is 5.32 Å². The third-order valence-corrected chi connectivity index (χ3v) is 4.44. The largest absolute Gasteiger partial charge is 0.377 e. The first-order valence-electron chi connectivity index (χ1n) is 7.05. The molecule has 1 N–H and O–H groups in total. The Labute approximate surface area is 131 Å². The van der Waals surface area contributed by atoms with E-state index in [1.54, 1.807) is 17.1 Å².